The van der Waals surface area contributed by atoms with Gasteiger partial charge in [-0.15, -0.1) is 5.10 Å². The number of fused-ring (bicyclic) bond motifs is 3. The van der Waals surface area contributed by atoms with Crippen molar-refractivity contribution in [3.05, 3.63) is 83.1 Å². The van der Waals surface area contributed by atoms with Gasteiger partial charge in [-0.05, 0) is 42.7 Å². The summed E-state index contributed by atoms with van der Waals surface area (Å²) in [6, 6.07) is 16.3. The Kier molecular flexibility index (Phi) is 5.01. The van der Waals surface area contributed by atoms with E-state index in [9.17, 15) is 0 Å². The molecule has 0 aliphatic rings. The fourth-order valence-electron chi connectivity index (χ4n) is 4.18. The molecule has 0 aliphatic carbocycles. The first kappa shape index (κ1) is 20.1. The Morgan fingerprint density at radius 2 is 1.66 bits per heavy atom. The molecular formula is C25H25N5O2. The Balaban J connectivity index is 1.56. The molecule has 3 aromatic heterocycles. The van der Waals surface area contributed by atoms with E-state index in [1.165, 1.54) is 16.8 Å². The molecule has 0 unspecified atom stereocenters. The first-order valence-electron chi connectivity index (χ1n) is 10.5. The monoisotopic (exact) mass is 427 g/mol. The van der Waals surface area contributed by atoms with E-state index in [0.29, 0.717) is 17.9 Å². The molecule has 0 N–H and O–H groups in total. The molecule has 32 heavy (non-hydrogen) atoms. The summed E-state index contributed by atoms with van der Waals surface area (Å²) < 4.78 is 14.8. The summed E-state index contributed by atoms with van der Waals surface area (Å²) in [5.41, 5.74) is 6.43. The van der Waals surface area contributed by atoms with Crippen LogP contribution < -0.4 is 9.47 Å². The van der Waals surface area contributed by atoms with Gasteiger partial charge in [0, 0.05) is 18.7 Å². The zero-order valence-electron chi connectivity index (χ0n) is 18.7. The van der Waals surface area contributed by atoms with Crippen LogP contribution in [0.25, 0.3) is 16.7 Å². The van der Waals surface area contributed by atoms with Crippen LogP contribution in [0.2, 0.25) is 0 Å². The van der Waals surface area contributed by atoms with Crippen molar-refractivity contribution in [1.82, 2.24) is 24.1 Å². The average molecular weight is 428 g/mol. The van der Waals surface area contributed by atoms with E-state index >= 15 is 0 Å². The average Bonchev–Trinajstić information content (AvgIpc) is 3.33. The minimum Gasteiger partial charge on any atom is -0.493 e. The number of ether oxygens (including phenoxy) is 2. The fraction of sp³-hybridized carbons (Fsp3) is 0.240. The molecule has 5 rings (SSSR count). The highest BCUT2D eigenvalue weighted by Crippen LogP contribution is 2.30. The second kappa shape index (κ2) is 8.00. The Morgan fingerprint density at radius 1 is 0.875 bits per heavy atom. The zero-order valence-corrected chi connectivity index (χ0v) is 18.7. The lowest BCUT2D eigenvalue weighted by molar-refractivity contribution is 0.354. The first-order valence-corrected chi connectivity index (χ1v) is 10.5. The molecule has 7 heteroatoms. The summed E-state index contributed by atoms with van der Waals surface area (Å²) in [5, 5.41) is 5.73. The summed E-state index contributed by atoms with van der Waals surface area (Å²) >= 11 is 0. The van der Waals surface area contributed by atoms with Crippen molar-refractivity contribution in [2.24, 2.45) is 0 Å². The highest BCUT2D eigenvalue weighted by atomic mass is 16.5. The SMILES string of the molecule is COc1ccc(Cc2nc3c4c(C)c(C)n(Cc5ccccc5)c4ncn3n2)cc1OC. The van der Waals surface area contributed by atoms with Crippen molar-refractivity contribution in [2.45, 2.75) is 26.8 Å². The van der Waals surface area contributed by atoms with E-state index in [1.807, 2.05) is 24.3 Å². The van der Waals surface area contributed by atoms with Gasteiger partial charge in [0.05, 0.1) is 19.6 Å². The van der Waals surface area contributed by atoms with Crippen molar-refractivity contribution in [3.63, 3.8) is 0 Å². The van der Waals surface area contributed by atoms with Crippen LogP contribution in [0.3, 0.4) is 0 Å². The van der Waals surface area contributed by atoms with Crippen LogP contribution in [-0.4, -0.2) is 38.4 Å². The number of methoxy groups -OCH3 is 2. The Hall–Kier alpha value is -3.87. The highest BCUT2D eigenvalue weighted by Gasteiger charge is 2.18. The topological polar surface area (TPSA) is 66.5 Å². The second-order valence-corrected chi connectivity index (χ2v) is 7.89. The molecule has 0 fully saturated rings. The third-order valence-electron chi connectivity index (χ3n) is 5.98. The predicted molar refractivity (Wildman–Crippen MR) is 124 cm³/mol. The molecule has 0 saturated heterocycles. The molecule has 0 saturated carbocycles. The third kappa shape index (κ3) is 3.36. The lowest BCUT2D eigenvalue weighted by atomic mass is 10.1. The van der Waals surface area contributed by atoms with Gasteiger partial charge in [-0.25, -0.2) is 14.5 Å². The molecule has 0 radical (unpaired) electrons. The van der Waals surface area contributed by atoms with Gasteiger partial charge in [-0.2, -0.15) is 0 Å². The Bertz CT molecular complexity index is 1420. The summed E-state index contributed by atoms with van der Waals surface area (Å²) in [5.74, 6) is 2.14. The van der Waals surface area contributed by atoms with Crippen molar-refractivity contribution in [1.29, 1.82) is 0 Å². The van der Waals surface area contributed by atoms with E-state index in [1.54, 1.807) is 25.1 Å². The fourth-order valence-corrected chi connectivity index (χ4v) is 4.18. The van der Waals surface area contributed by atoms with E-state index in [0.717, 1.165) is 34.6 Å². The number of hydrogen-bond acceptors (Lipinski definition) is 5. The van der Waals surface area contributed by atoms with E-state index in [-0.39, 0.29) is 0 Å². The van der Waals surface area contributed by atoms with Gasteiger partial charge in [-0.3, -0.25) is 0 Å². The molecule has 162 valence electrons. The van der Waals surface area contributed by atoms with Crippen LogP contribution in [0.1, 0.15) is 28.2 Å². The summed E-state index contributed by atoms with van der Waals surface area (Å²) in [6.45, 7) is 5.04. The van der Waals surface area contributed by atoms with Crippen LogP contribution in [0, 0.1) is 13.8 Å². The molecule has 3 heterocycles. The van der Waals surface area contributed by atoms with Crippen LogP contribution in [0.15, 0.2) is 54.9 Å². The lowest BCUT2D eigenvalue weighted by Crippen LogP contribution is -2.03. The minimum atomic E-state index is 0.590. The third-order valence-corrected chi connectivity index (χ3v) is 5.98. The van der Waals surface area contributed by atoms with Gasteiger partial charge in [0.25, 0.3) is 0 Å². The number of nitrogens with zero attached hydrogens (tertiary/aromatic N) is 5. The van der Waals surface area contributed by atoms with E-state index < -0.39 is 0 Å². The number of benzene rings is 2. The molecule has 0 aliphatic heterocycles. The van der Waals surface area contributed by atoms with Gasteiger partial charge >= 0.3 is 0 Å². The maximum absolute atomic E-state index is 5.43. The normalized spacial score (nSPS) is 11.4. The van der Waals surface area contributed by atoms with Gasteiger partial charge in [0.1, 0.15) is 12.0 Å². The summed E-state index contributed by atoms with van der Waals surface area (Å²) in [7, 11) is 3.27. The van der Waals surface area contributed by atoms with Crippen LogP contribution in [0.4, 0.5) is 0 Å². The van der Waals surface area contributed by atoms with Gasteiger partial charge in [-0.1, -0.05) is 36.4 Å². The Morgan fingerprint density at radius 3 is 2.41 bits per heavy atom. The largest absolute Gasteiger partial charge is 0.493 e. The highest BCUT2D eigenvalue weighted by molar-refractivity contribution is 5.94. The molecule has 5 aromatic rings. The van der Waals surface area contributed by atoms with Crippen LogP contribution in [-0.2, 0) is 13.0 Å². The zero-order chi connectivity index (χ0) is 22.2. The number of aryl methyl sites for hydroxylation is 1. The van der Waals surface area contributed by atoms with E-state index in [4.69, 9.17) is 19.4 Å². The van der Waals surface area contributed by atoms with Crippen molar-refractivity contribution >= 4 is 16.7 Å². The maximum atomic E-state index is 5.43. The van der Waals surface area contributed by atoms with Crippen molar-refractivity contribution in [3.8, 4) is 11.5 Å². The number of hydrogen-bond donors (Lipinski definition) is 0. The van der Waals surface area contributed by atoms with Gasteiger partial charge in [0.2, 0.25) is 0 Å². The number of rotatable bonds is 6. The van der Waals surface area contributed by atoms with E-state index in [2.05, 4.69) is 47.8 Å². The molecule has 0 bridgehead atoms. The maximum Gasteiger partial charge on any atom is 0.168 e. The van der Waals surface area contributed by atoms with Gasteiger partial charge < -0.3 is 14.0 Å². The quantitative estimate of drug-likeness (QED) is 0.403. The summed E-state index contributed by atoms with van der Waals surface area (Å²) in [4.78, 5) is 9.63. The Labute approximate surface area is 186 Å². The molecule has 0 amide bonds. The molecule has 0 spiro atoms. The van der Waals surface area contributed by atoms with Gasteiger partial charge in [0.15, 0.2) is 23.0 Å². The molecule has 7 nitrogen and oxygen atoms in total. The predicted octanol–water partition coefficient (Wildman–Crippen LogP) is 4.35. The standard InChI is InChI=1S/C25H25N5O2/c1-16-17(2)29(14-18-8-6-5-7-9-18)24-23(16)25-27-22(28-30(25)15-26-24)13-19-10-11-20(31-3)21(12-19)32-4/h5-12,15H,13-14H2,1-4H3. The number of aromatic nitrogens is 5. The van der Waals surface area contributed by atoms with Crippen molar-refractivity contribution < 1.29 is 9.47 Å². The first-order chi connectivity index (χ1) is 15.6. The molecular weight excluding hydrogens is 402 g/mol. The van der Waals surface area contributed by atoms with Crippen molar-refractivity contribution in [2.75, 3.05) is 14.2 Å². The van der Waals surface area contributed by atoms with Crippen LogP contribution >= 0.6 is 0 Å². The lowest BCUT2D eigenvalue weighted by Gasteiger charge is -2.08. The summed E-state index contributed by atoms with van der Waals surface area (Å²) in [6.07, 6.45) is 2.34. The minimum absolute atomic E-state index is 0.590. The molecule has 2 aromatic carbocycles. The molecule has 0 atom stereocenters. The second-order valence-electron chi connectivity index (χ2n) is 7.89. The van der Waals surface area contributed by atoms with Crippen LogP contribution in [0.5, 0.6) is 11.5 Å². The smallest absolute Gasteiger partial charge is 0.168 e.